The van der Waals surface area contributed by atoms with Gasteiger partial charge in [-0.2, -0.15) is 0 Å². The van der Waals surface area contributed by atoms with Crippen molar-refractivity contribution in [2.45, 2.75) is 25.7 Å². The number of fused-ring (bicyclic) bond motifs is 1. The van der Waals surface area contributed by atoms with Gasteiger partial charge in [0.2, 0.25) is 0 Å². The van der Waals surface area contributed by atoms with Gasteiger partial charge >= 0.3 is 0 Å². The van der Waals surface area contributed by atoms with E-state index in [1.807, 2.05) is 18.2 Å². The second kappa shape index (κ2) is 5.25. The Bertz CT molecular complexity index is 608. The Balaban J connectivity index is 1.84. The minimum absolute atomic E-state index is 0.00504. The Morgan fingerprint density at radius 2 is 2.05 bits per heavy atom. The molecule has 5 nitrogen and oxygen atoms in total. The average molecular weight is 272 g/mol. The van der Waals surface area contributed by atoms with Crippen molar-refractivity contribution in [2.24, 2.45) is 5.41 Å². The smallest absolute Gasteiger partial charge is 0.137 e. The lowest BCUT2D eigenvalue weighted by Gasteiger charge is -2.27. The van der Waals surface area contributed by atoms with Crippen molar-refractivity contribution in [3.05, 3.63) is 24.5 Å². The molecule has 3 rings (SSSR count). The fourth-order valence-corrected chi connectivity index (χ4v) is 3.00. The fraction of sp³-hybridized carbons (Fsp3) is 0.467. The van der Waals surface area contributed by atoms with Gasteiger partial charge in [-0.15, -0.1) is 0 Å². The largest absolute Gasteiger partial charge is 0.399 e. The number of anilines is 2. The summed E-state index contributed by atoms with van der Waals surface area (Å²) in [4.78, 5) is 8.56. The minimum Gasteiger partial charge on any atom is -0.399 e. The number of nitrogens with one attached hydrogen (secondary N) is 1. The van der Waals surface area contributed by atoms with Gasteiger partial charge in [-0.3, -0.25) is 0 Å². The van der Waals surface area contributed by atoms with E-state index >= 15 is 0 Å². The molecule has 1 heterocycles. The van der Waals surface area contributed by atoms with E-state index in [2.05, 4.69) is 15.3 Å². The summed E-state index contributed by atoms with van der Waals surface area (Å²) in [6.45, 7) is 0.982. The van der Waals surface area contributed by atoms with E-state index in [1.54, 1.807) is 6.33 Å². The van der Waals surface area contributed by atoms with Crippen LogP contribution in [-0.4, -0.2) is 28.2 Å². The Hall–Kier alpha value is -1.88. The van der Waals surface area contributed by atoms with Gasteiger partial charge in [0, 0.05) is 23.0 Å². The van der Waals surface area contributed by atoms with Gasteiger partial charge in [-0.25, -0.2) is 9.97 Å². The maximum Gasteiger partial charge on any atom is 0.137 e. The maximum atomic E-state index is 9.65. The van der Waals surface area contributed by atoms with Crippen LogP contribution >= 0.6 is 0 Å². The van der Waals surface area contributed by atoms with Gasteiger partial charge in [-0.05, 0) is 31.0 Å². The zero-order chi connectivity index (χ0) is 14.0. The van der Waals surface area contributed by atoms with E-state index < -0.39 is 0 Å². The fourth-order valence-electron chi connectivity index (χ4n) is 3.00. The summed E-state index contributed by atoms with van der Waals surface area (Å²) in [5.74, 6) is 0.815. The van der Waals surface area contributed by atoms with Crippen LogP contribution in [0.3, 0.4) is 0 Å². The van der Waals surface area contributed by atoms with Crippen LogP contribution in [0.15, 0.2) is 24.5 Å². The molecule has 106 valence electrons. The molecule has 0 bridgehead atoms. The number of rotatable bonds is 4. The molecule has 20 heavy (non-hydrogen) atoms. The van der Waals surface area contributed by atoms with E-state index in [9.17, 15) is 5.11 Å². The Morgan fingerprint density at radius 3 is 2.80 bits per heavy atom. The Morgan fingerprint density at radius 1 is 1.25 bits per heavy atom. The summed E-state index contributed by atoms with van der Waals surface area (Å²) in [5, 5.41) is 14.0. The highest BCUT2D eigenvalue weighted by atomic mass is 16.3. The topological polar surface area (TPSA) is 84.1 Å². The lowest BCUT2D eigenvalue weighted by Crippen LogP contribution is -2.30. The minimum atomic E-state index is 0.00504. The van der Waals surface area contributed by atoms with Crippen molar-refractivity contribution in [1.82, 2.24) is 9.97 Å². The zero-order valence-electron chi connectivity index (χ0n) is 11.5. The van der Waals surface area contributed by atoms with E-state index in [0.29, 0.717) is 5.69 Å². The molecule has 0 unspecified atom stereocenters. The van der Waals surface area contributed by atoms with Gasteiger partial charge in [-0.1, -0.05) is 12.8 Å². The molecule has 1 fully saturated rings. The monoisotopic (exact) mass is 272 g/mol. The van der Waals surface area contributed by atoms with Crippen molar-refractivity contribution in [2.75, 3.05) is 24.2 Å². The quantitative estimate of drug-likeness (QED) is 0.743. The van der Waals surface area contributed by atoms with Gasteiger partial charge < -0.3 is 16.2 Å². The average Bonchev–Trinajstić information content (AvgIpc) is 2.94. The summed E-state index contributed by atoms with van der Waals surface area (Å²) >= 11 is 0. The third kappa shape index (κ3) is 2.41. The van der Waals surface area contributed by atoms with Crippen LogP contribution in [0.5, 0.6) is 0 Å². The molecule has 2 aromatic rings. The standard InChI is InChI=1S/C15H20N4O/c16-11-3-4-12-13(7-11)18-10-19-14(12)17-8-15(9-20)5-1-2-6-15/h3-4,7,10,20H,1-2,5-6,8-9,16H2,(H,17,18,19). The summed E-state index contributed by atoms with van der Waals surface area (Å²) in [7, 11) is 0. The van der Waals surface area contributed by atoms with E-state index in [4.69, 9.17) is 5.73 Å². The van der Waals surface area contributed by atoms with Gasteiger partial charge in [0.15, 0.2) is 0 Å². The molecule has 0 saturated heterocycles. The first-order valence-electron chi connectivity index (χ1n) is 7.07. The third-order valence-corrected chi connectivity index (χ3v) is 4.29. The number of hydrogen-bond acceptors (Lipinski definition) is 5. The Kier molecular flexibility index (Phi) is 3.44. The Labute approximate surface area is 118 Å². The molecule has 1 aromatic heterocycles. The highest BCUT2D eigenvalue weighted by Crippen LogP contribution is 2.37. The number of aromatic nitrogens is 2. The van der Waals surface area contributed by atoms with Crippen LogP contribution in [0.1, 0.15) is 25.7 Å². The molecule has 1 aromatic carbocycles. The first-order valence-corrected chi connectivity index (χ1v) is 7.07. The molecule has 1 aliphatic rings. The van der Waals surface area contributed by atoms with Crippen molar-refractivity contribution in [1.29, 1.82) is 0 Å². The second-order valence-corrected chi connectivity index (χ2v) is 5.72. The van der Waals surface area contributed by atoms with Crippen molar-refractivity contribution >= 4 is 22.4 Å². The number of hydrogen-bond donors (Lipinski definition) is 3. The number of nitrogens with two attached hydrogens (primary N) is 1. The molecular formula is C15H20N4O. The zero-order valence-corrected chi connectivity index (χ0v) is 11.5. The van der Waals surface area contributed by atoms with Crippen molar-refractivity contribution in [3.63, 3.8) is 0 Å². The van der Waals surface area contributed by atoms with Crippen LogP contribution in [0.25, 0.3) is 10.9 Å². The van der Waals surface area contributed by atoms with E-state index in [1.165, 1.54) is 12.8 Å². The second-order valence-electron chi connectivity index (χ2n) is 5.72. The highest BCUT2D eigenvalue weighted by molar-refractivity contribution is 5.90. The normalized spacial score (nSPS) is 17.4. The highest BCUT2D eigenvalue weighted by Gasteiger charge is 2.33. The molecule has 5 heteroatoms. The molecule has 0 aliphatic heterocycles. The number of nitrogens with zero attached hydrogens (tertiary/aromatic N) is 2. The van der Waals surface area contributed by atoms with Crippen LogP contribution in [0.4, 0.5) is 11.5 Å². The molecular weight excluding hydrogens is 252 g/mol. The molecule has 1 aliphatic carbocycles. The first kappa shape index (κ1) is 13.1. The molecule has 0 amide bonds. The summed E-state index contributed by atoms with van der Waals surface area (Å²) in [5.41, 5.74) is 7.32. The predicted octanol–water partition coefficient (Wildman–Crippen LogP) is 2.18. The van der Waals surface area contributed by atoms with E-state index in [0.717, 1.165) is 36.1 Å². The molecule has 0 radical (unpaired) electrons. The summed E-state index contributed by atoms with van der Waals surface area (Å²) in [6.07, 6.45) is 6.09. The molecule has 0 spiro atoms. The van der Waals surface area contributed by atoms with E-state index in [-0.39, 0.29) is 12.0 Å². The lowest BCUT2D eigenvalue weighted by molar-refractivity contribution is 0.142. The molecule has 0 atom stereocenters. The summed E-state index contributed by atoms with van der Waals surface area (Å²) in [6, 6.07) is 5.64. The summed E-state index contributed by atoms with van der Waals surface area (Å²) < 4.78 is 0. The molecule has 1 saturated carbocycles. The predicted molar refractivity (Wildman–Crippen MR) is 80.4 cm³/mol. The van der Waals surface area contributed by atoms with Crippen LogP contribution in [0.2, 0.25) is 0 Å². The number of aliphatic hydroxyl groups excluding tert-OH is 1. The SMILES string of the molecule is Nc1ccc2c(NCC3(CO)CCCC3)ncnc2c1. The third-order valence-electron chi connectivity index (χ3n) is 4.29. The van der Waals surface area contributed by atoms with Crippen LogP contribution < -0.4 is 11.1 Å². The lowest BCUT2D eigenvalue weighted by atomic mass is 9.87. The van der Waals surface area contributed by atoms with Crippen molar-refractivity contribution < 1.29 is 5.11 Å². The number of aliphatic hydroxyl groups is 1. The van der Waals surface area contributed by atoms with Gasteiger partial charge in [0.1, 0.15) is 12.1 Å². The van der Waals surface area contributed by atoms with Crippen LogP contribution in [-0.2, 0) is 0 Å². The van der Waals surface area contributed by atoms with Crippen LogP contribution in [0, 0.1) is 5.41 Å². The maximum absolute atomic E-state index is 9.65. The van der Waals surface area contributed by atoms with Gasteiger partial charge in [0.25, 0.3) is 0 Å². The number of benzene rings is 1. The van der Waals surface area contributed by atoms with Gasteiger partial charge in [0.05, 0.1) is 12.1 Å². The van der Waals surface area contributed by atoms with Crippen molar-refractivity contribution in [3.8, 4) is 0 Å². The molecule has 4 N–H and O–H groups in total. The number of nitrogen functional groups attached to an aromatic ring is 1. The first-order chi connectivity index (χ1) is 9.72.